The van der Waals surface area contributed by atoms with Gasteiger partial charge in [-0.25, -0.2) is 39.9 Å². The third-order valence-electron chi connectivity index (χ3n) is 15.1. The maximum atomic E-state index is 9.59. The van der Waals surface area contributed by atoms with Crippen molar-refractivity contribution in [3.63, 3.8) is 0 Å². The lowest BCUT2D eigenvalue weighted by molar-refractivity contribution is -0.140. The van der Waals surface area contributed by atoms with Gasteiger partial charge in [0.05, 0.1) is 69.8 Å². The number of benzene rings is 2. The number of piperazine rings is 2. The second kappa shape index (κ2) is 30.0. The Morgan fingerprint density at radius 2 is 0.878 bits per heavy atom. The first kappa shape index (κ1) is 64.0. The summed E-state index contributed by atoms with van der Waals surface area (Å²) in [6, 6.07) is 20.7. The van der Waals surface area contributed by atoms with Crippen molar-refractivity contribution in [1.29, 1.82) is 0 Å². The molecule has 4 fully saturated rings. The molecule has 11 heterocycles. The highest BCUT2D eigenvalue weighted by atomic mass is 16.7. The van der Waals surface area contributed by atoms with Gasteiger partial charge in [-0.05, 0) is 61.1 Å². The lowest BCUT2D eigenvalue weighted by Crippen LogP contribution is -2.47. The number of rotatable bonds is 19. The molecule has 0 radical (unpaired) electrons. The summed E-state index contributed by atoms with van der Waals surface area (Å²) in [5, 5.41) is 31.4. The quantitative estimate of drug-likeness (QED) is 0.100. The minimum atomic E-state index is -0.835. The smallest absolute Gasteiger partial charge is 0.228 e. The molecule has 0 spiro atoms. The molecule has 27 heteroatoms. The van der Waals surface area contributed by atoms with Gasteiger partial charge in [0.2, 0.25) is 23.8 Å². The van der Waals surface area contributed by atoms with Crippen LogP contribution in [0.15, 0.2) is 135 Å². The minimum Gasteiger partial charge on any atom is -0.396 e. The maximum Gasteiger partial charge on any atom is 0.228 e. The summed E-state index contributed by atoms with van der Waals surface area (Å²) < 4.78 is 27.9. The number of ether oxygens (including phenoxy) is 4. The molecule has 9 aromatic rings. The van der Waals surface area contributed by atoms with Gasteiger partial charge in [0.25, 0.3) is 0 Å². The number of nitrogens with two attached hydrogens (primary N) is 1. The Morgan fingerprint density at radius 1 is 0.478 bits per heavy atom. The number of hydrogen-bond acceptors (Lipinski definition) is 24. The van der Waals surface area contributed by atoms with Gasteiger partial charge < -0.3 is 54.5 Å². The van der Waals surface area contributed by atoms with E-state index in [1.165, 1.54) is 11.1 Å². The molecule has 0 bridgehead atoms. The van der Waals surface area contributed by atoms with Crippen molar-refractivity contribution in [3.05, 3.63) is 180 Å². The molecule has 0 amide bonds. The van der Waals surface area contributed by atoms with Gasteiger partial charge in [0.15, 0.2) is 11.6 Å². The fourth-order valence-corrected chi connectivity index (χ4v) is 10.6. The van der Waals surface area contributed by atoms with E-state index in [0.717, 1.165) is 105 Å². The summed E-state index contributed by atoms with van der Waals surface area (Å²) in [4.78, 5) is 54.1. The summed E-state index contributed by atoms with van der Waals surface area (Å²) >= 11 is 0. The number of aliphatic hydroxyl groups excluding tert-OH is 2. The van der Waals surface area contributed by atoms with Crippen molar-refractivity contribution in [2.75, 3.05) is 97.5 Å². The SMILES string of the molecule is C.CC1(C)OCC(Cn2cc(Cc3ncnc(N4CCN(c5ncc(Cc6ccccc6)cn5)CC4)n3)cn2)O1.CC1(C)OCC(Cn2cc(N)cn2)O1.OCC(O)Cn1cc(Cc2ncnc(N3CCN(c4ncc(Cc5ccccc5)cn4)CC3)n2)cn1. The van der Waals surface area contributed by atoms with Crippen molar-refractivity contribution in [3.8, 4) is 0 Å². The van der Waals surface area contributed by atoms with Gasteiger partial charge in [-0.2, -0.15) is 25.3 Å². The number of nitrogen functional groups attached to an aromatic ring is 1. The number of anilines is 5. The second-order valence-corrected chi connectivity index (χ2v) is 23.2. The molecule has 3 atom stereocenters. The molecule has 13 rings (SSSR count). The first-order valence-corrected chi connectivity index (χ1v) is 30.0. The van der Waals surface area contributed by atoms with Crippen LogP contribution in [0, 0.1) is 0 Å². The molecule has 4 N–H and O–H groups in total. The molecule has 27 nitrogen and oxygen atoms in total. The Kier molecular flexibility index (Phi) is 21.3. The summed E-state index contributed by atoms with van der Waals surface area (Å²) in [7, 11) is 0. The standard InChI is InChI=1S/C28H33N9O2.C25H29N9O2.C9H15N3O2.CH4/c1-28(2)38-19-24(39-28)18-37-17-23(16-33-37)13-25-31-20-32-27(34-25)36-10-8-35(9-11-36)26-29-14-22(15-30-26)12-21-6-4-3-5-7-21;35-17-22(36)16-34-15-21(14-30-34)11-23-28-18-29-25(31-23)33-8-6-32(7-9-33)24-26-12-20(13-27-24)10-19-4-2-1-3-5-19;1-9(2)13-6-8(14-9)5-12-4-7(10)3-11-12;/h3-7,14-17,20,24H,8-13,18-19H2,1-2H3;1-5,12-15,18,22,35-36H,6-11,16-17H2;3-4,8H,5-6,10H2,1-2H3;1H4. The molecule has 4 aliphatic rings. The van der Waals surface area contributed by atoms with E-state index >= 15 is 0 Å². The van der Waals surface area contributed by atoms with Crippen LogP contribution in [0.1, 0.15) is 80.2 Å². The van der Waals surface area contributed by atoms with E-state index in [4.69, 9.17) is 34.8 Å². The molecule has 2 aromatic carbocycles. The van der Waals surface area contributed by atoms with Crippen molar-refractivity contribution >= 4 is 29.5 Å². The number of nitrogens with zero attached hydrogens (tertiary/aromatic N) is 20. The van der Waals surface area contributed by atoms with Crippen LogP contribution in [-0.4, -0.2) is 191 Å². The van der Waals surface area contributed by atoms with Gasteiger partial charge in [0.1, 0.15) is 36.5 Å². The Labute approximate surface area is 524 Å². The minimum absolute atomic E-state index is 0. The van der Waals surface area contributed by atoms with E-state index in [1.54, 1.807) is 40.6 Å². The van der Waals surface area contributed by atoms with E-state index in [2.05, 4.69) is 116 Å². The third kappa shape index (κ3) is 18.3. The highest BCUT2D eigenvalue weighted by Gasteiger charge is 2.34. The van der Waals surface area contributed by atoms with E-state index in [0.29, 0.717) is 62.6 Å². The van der Waals surface area contributed by atoms with E-state index < -0.39 is 17.7 Å². The van der Waals surface area contributed by atoms with Crippen molar-refractivity contribution in [1.82, 2.24) is 79.2 Å². The predicted octanol–water partition coefficient (Wildman–Crippen LogP) is 4.49. The highest BCUT2D eigenvalue weighted by molar-refractivity contribution is 5.40. The van der Waals surface area contributed by atoms with Crippen LogP contribution in [0.4, 0.5) is 29.5 Å². The average molecular weight is 1230 g/mol. The van der Waals surface area contributed by atoms with Crippen molar-refractivity contribution in [2.24, 2.45) is 0 Å². The molecule has 7 aromatic heterocycles. The Hall–Kier alpha value is -8.99. The topological polar surface area (TPSA) is 299 Å². The average Bonchev–Trinajstić information content (AvgIpc) is 2.42. The van der Waals surface area contributed by atoms with E-state index in [9.17, 15) is 5.11 Å². The van der Waals surface area contributed by atoms with Gasteiger partial charge in [0, 0.05) is 121 Å². The predicted molar refractivity (Wildman–Crippen MR) is 337 cm³/mol. The van der Waals surface area contributed by atoms with Gasteiger partial charge in [-0.1, -0.05) is 68.1 Å². The normalized spacial score (nSPS) is 18.1. The fourth-order valence-electron chi connectivity index (χ4n) is 10.6. The largest absolute Gasteiger partial charge is 0.396 e. The maximum absolute atomic E-state index is 9.59. The summed E-state index contributed by atoms with van der Waals surface area (Å²) in [6.45, 7) is 16.4. The van der Waals surface area contributed by atoms with Crippen LogP contribution in [0.25, 0.3) is 0 Å². The Balaban J connectivity index is 0.000000162. The zero-order chi connectivity index (χ0) is 61.6. The van der Waals surface area contributed by atoms with Crippen LogP contribution in [0.2, 0.25) is 0 Å². The van der Waals surface area contributed by atoms with Crippen LogP contribution in [0.5, 0.6) is 0 Å². The van der Waals surface area contributed by atoms with E-state index in [-0.39, 0.29) is 32.8 Å². The molecule has 3 unspecified atom stereocenters. The second-order valence-electron chi connectivity index (χ2n) is 23.2. The summed E-state index contributed by atoms with van der Waals surface area (Å²) in [5.74, 6) is 3.23. The summed E-state index contributed by atoms with van der Waals surface area (Å²) in [5.41, 5.74) is 12.9. The highest BCUT2D eigenvalue weighted by Crippen LogP contribution is 2.25. The number of aromatic nitrogens is 16. The molecule has 4 saturated heterocycles. The third-order valence-corrected chi connectivity index (χ3v) is 15.1. The monoisotopic (exact) mass is 1230 g/mol. The number of aliphatic hydroxyl groups is 2. The van der Waals surface area contributed by atoms with Crippen molar-refractivity contribution in [2.45, 2.75) is 110 Å². The van der Waals surface area contributed by atoms with E-state index in [1.807, 2.05) is 100 Å². The zero-order valence-electron chi connectivity index (χ0n) is 50.7. The Morgan fingerprint density at radius 3 is 1.28 bits per heavy atom. The van der Waals surface area contributed by atoms with Crippen molar-refractivity contribution < 1.29 is 29.2 Å². The first-order valence-electron chi connectivity index (χ1n) is 30.0. The first-order chi connectivity index (χ1) is 43.2. The molecule has 474 valence electrons. The van der Waals surface area contributed by atoms with Crippen LogP contribution in [0.3, 0.4) is 0 Å². The van der Waals surface area contributed by atoms with Gasteiger partial charge >= 0.3 is 0 Å². The fraction of sp³-hybridized carbons (Fsp3) is 0.444. The van der Waals surface area contributed by atoms with Gasteiger partial charge in [-0.15, -0.1) is 0 Å². The summed E-state index contributed by atoms with van der Waals surface area (Å²) in [6.07, 6.45) is 23.6. The Bertz CT molecular complexity index is 3610. The lowest BCUT2D eigenvalue weighted by Gasteiger charge is -2.34. The molecule has 0 saturated carbocycles. The zero-order valence-corrected chi connectivity index (χ0v) is 50.7. The molecular formula is C63H81N21O6. The number of hydrogen-bond donors (Lipinski definition) is 3. The van der Waals surface area contributed by atoms with Crippen LogP contribution < -0.4 is 25.3 Å². The van der Waals surface area contributed by atoms with Gasteiger partial charge in [-0.3, -0.25) is 14.0 Å². The van der Waals surface area contributed by atoms with Crippen LogP contribution in [-0.2, 0) is 64.3 Å². The molecule has 0 aliphatic carbocycles. The molecule has 90 heavy (non-hydrogen) atoms. The molecule has 4 aliphatic heterocycles. The molecular weight excluding hydrogens is 1150 g/mol. The lowest BCUT2D eigenvalue weighted by atomic mass is 10.1. The van der Waals surface area contributed by atoms with Crippen LogP contribution >= 0.6 is 0 Å².